The minimum Gasteiger partial charge on any atom is -0.493 e. The molecule has 0 amide bonds. The third-order valence-electron chi connectivity index (χ3n) is 4.97. The van der Waals surface area contributed by atoms with Crippen LogP contribution in [0.4, 0.5) is 4.39 Å². The maximum absolute atomic E-state index is 13.1. The average Bonchev–Trinajstić information content (AvgIpc) is 3.12. The smallest absolute Gasteiger partial charge is 0.367 e. The normalized spacial score (nSPS) is 20.3. The Morgan fingerprint density at radius 1 is 1.38 bits per heavy atom. The monoisotopic (exact) mass is 406 g/mol. The van der Waals surface area contributed by atoms with Crippen molar-refractivity contribution in [1.82, 2.24) is 0 Å². The molecule has 0 aromatic heterocycles. The fraction of sp³-hybridized carbons (Fsp3) is 0.455. The van der Waals surface area contributed by atoms with E-state index >= 15 is 0 Å². The lowest BCUT2D eigenvalue weighted by atomic mass is 9.92. The molecule has 0 spiro atoms. The van der Waals surface area contributed by atoms with Crippen molar-refractivity contribution in [3.05, 3.63) is 60.1 Å². The van der Waals surface area contributed by atoms with Gasteiger partial charge in [-0.15, -0.1) is 5.73 Å². The second-order valence-corrected chi connectivity index (χ2v) is 7.13. The fourth-order valence-electron chi connectivity index (χ4n) is 3.31. The first-order valence-electron chi connectivity index (χ1n) is 9.63. The number of ether oxygens (including phenoxy) is 1. The first kappa shape index (κ1) is 22.8. The van der Waals surface area contributed by atoms with E-state index in [4.69, 9.17) is 9.84 Å². The number of carbonyl (C=O) groups is 1. The molecule has 0 aliphatic heterocycles. The van der Waals surface area contributed by atoms with Gasteiger partial charge in [-0.05, 0) is 61.8 Å². The molecule has 7 heteroatoms. The summed E-state index contributed by atoms with van der Waals surface area (Å²) in [6.45, 7) is 0.464. The van der Waals surface area contributed by atoms with Crippen LogP contribution in [-0.2, 0) is 4.79 Å². The Hall–Kier alpha value is -2.44. The second kappa shape index (κ2) is 10.9. The number of hydrogen-bond donors (Lipinski definition) is 4. The lowest BCUT2D eigenvalue weighted by molar-refractivity contribution is -0.227. The molecule has 1 saturated carbocycles. The van der Waals surface area contributed by atoms with Gasteiger partial charge in [-0.2, -0.15) is 0 Å². The van der Waals surface area contributed by atoms with E-state index in [-0.39, 0.29) is 5.82 Å². The number of aliphatic hydroxyl groups is 3. The Balaban J connectivity index is 1.77. The molecule has 1 aromatic carbocycles. The van der Waals surface area contributed by atoms with Gasteiger partial charge in [0.1, 0.15) is 17.7 Å². The summed E-state index contributed by atoms with van der Waals surface area (Å²) in [6.07, 6.45) is 9.49. The summed E-state index contributed by atoms with van der Waals surface area (Å²) in [5, 5.41) is 36.6. The number of aliphatic hydroxyl groups excluding tert-OH is 1. The summed E-state index contributed by atoms with van der Waals surface area (Å²) in [6, 6.07) is 6.03. The van der Waals surface area contributed by atoms with Crippen LogP contribution in [0, 0.1) is 17.7 Å². The minimum absolute atomic E-state index is 0.326. The predicted molar refractivity (Wildman–Crippen MR) is 105 cm³/mol. The molecule has 6 nitrogen and oxygen atoms in total. The maximum atomic E-state index is 13.1. The van der Waals surface area contributed by atoms with Gasteiger partial charge >= 0.3 is 5.97 Å². The maximum Gasteiger partial charge on any atom is 0.367 e. The van der Waals surface area contributed by atoms with Gasteiger partial charge in [0.15, 0.2) is 0 Å². The Morgan fingerprint density at radius 2 is 2.17 bits per heavy atom. The minimum atomic E-state index is -3.23. The van der Waals surface area contributed by atoms with E-state index in [1.807, 2.05) is 0 Å². The molecule has 1 unspecified atom stereocenters. The number of carboxylic acid groups (broad SMARTS) is 1. The van der Waals surface area contributed by atoms with Gasteiger partial charge in [0, 0.05) is 6.07 Å². The number of allylic oxidation sites excluding steroid dienone is 1. The van der Waals surface area contributed by atoms with Gasteiger partial charge in [0.25, 0.3) is 5.79 Å². The van der Waals surface area contributed by atoms with Crippen LogP contribution in [0.15, 0.2) is 54.3 Å². The molecule has 0 heterocycles. The number of hydrogen-bond acceptors (Lipinski definition) is 5. The highest BCUT2D eigenvalue weighted by atomic mass is 19.1. The number of aliphatic carboxylic acids is 1. The summed E-state index contributed by atoms with van der Waals surface area (Å²) in [7, 11) is 0. The molecule has 4 N–H and O–H groups in total. The first-order chi connectivity index (χ1) is 13.8. The number of benzene rings is 1. The first-order valence-corrected chi connectivity index (χ1v) is 9.63. The number of halogens is 1. The molecule has 0 bridgehead atoms. The summed E-state index contributed by atoms with van der Waals surface area (Å²) >= 11 is 0. The molecule has 1 aliphatic rings. The van der Waals surface area contributed by atoms with E-state index in [1.54, 1.807) is 18.2 Å². The number of carboxylic acids is 1. The van der Waals surface area contributed by atoms with Crippen molar-refractivity contribution >= 4 is 5.97 Å². The van der Waals surface area contributed by atoms with Gasteiger partial charge in [-0.1, -0.05) is 24.6 Å². The van der Waals surface area contributed by atoms with Crippen molar-refractivity contribution in [2.24, 2.45) is 11.8 Å². The summed E-state index contributed by atoms with van der Waals surface area (Å²) in [5.74, 6) is -4.16. The quantitative estimate of drug-likeness (QED) is 0.206. The molecule has 158 valence electrons. The molecule has 1 aliphatic carbocycles. The van der Waals surface area contributed by atoms with E-state index < -0.39 is 17.9 Å². The van der Waals surface area contributed by atoms with E-state index in [1.165, 1.54) is 12.1 Å². The summed E-state index contributed by atoms with van der Waals surface area (Å²) in [4.78, 5) is 10.6. The predicted octanol–water partition coefficient (Wildman–Crippen LogP) is 2.79. The Labute approximate surface area is 169 Å². The zero-order chi connectivity index (χ0) is 21.3. The van der Waals surface area contributed by atoms with Crippen LogP contribution in [0.5, 0.6) is 5.75 Å². The van der Waals surface area contributed by atoms with Gasteiger partial charge in [-0.3, -0.25) is 0 Å². The standard InChI is InChI=1S/C22H27FO6/c23-18-11-6-12-19(15-18)29-14-4-3-8-17-10-5-9-16(17)7-1-2-13-20(24)22(27,28)21(25)26/h1,3,6,8,11-13,15-17,20,24,27-28H,4-5,7,9-10,14H2,(H,25,26)/b8-3+/t2?,16-,17-,20?/m0/s1. The highest BCUT2D eigenvalue weighted by Crippen LogP contribution is 2.35. The third kappa shape index (κ3) is 7.15. The van der Waals surface area contributed by atoms with Crippen LogP contribution < -0.4 is 4.74 Å². The van der Waals surface area contributed by atoms with Crippen molar-refractivity contribution in [3.8, 4) is 5.75 Å². The lowest BCUT2D eigenvalue weighted by Gasteiger charge is -2.19. The van der Waals surface area contributed by atoms with Gasteiger partial charge in [0.05, 0.1) is 6.61 Å². The third-order valence-corrected chi connectivity index (χ3v) is 4.97. The van der Waals surface area contributed by atoms with Crippen LogP contribution in [-0.4, -0.2) is 44.9 Å². The zero-order valence-electron chi connectivity index (χ0n) is 16.1. The Kier molecular flexibility index (Phi) is 8.61. The largest absolute Gasteiger partial charge is 0.493 e. The van der Waals surface area contributed by atoms with E-state index in [0.29, 0.717) is 37.0 Å². The molecule has 29 heavy (non-hydrogen) atoms. The summed E-state index contributed by atoms with van der Waals surface area (Å²) < 4.78 is 18.6. The van der Waals surface area contributed by atoms with Crippen molar-refractivity contribution in [2.75, 3.05) is 6.61 Å². The highest BCUT2D eigenvalue weighted by Gasteiger charge is 2.40. The number of rotatable bonds is 10. The van der Waals surface area contributed by atoms with Crippen molar-refractivity contribution in [1.29, 1.82) is 0 Å². The molecular weight excluding hydrogens is 379 g/mol. The molecule has 1 aromatic rings. The van der Waals surface area contributed by atoms with Crippen LogP contribution in [0.3, 0.4) is 0 Å². The van der Waals surface area contributed by atoms with E-state index in [2.05, 4.69) is 17.9 Å². The van der Waals surface area contributed by atoms with Crippen LogP contribution in [0.1, 0.15) is 32.1 Å². The second-order valence-electron chi connectivity index (χ2n) is 7.13. The van der Waals surface area contributed by atoms with Crippen LogP contribution in [0.25, 0.3) is 0 Å². The van der Waals surface area contributed by atoms with Crippen molar-refractivity contribution in [3.63, 3.8) is 0 Å². The van der Waals surface area contributed by atoms with E-state index in [0.717, 1.165) is 25.3 Å². The summed E-state index contributed by atoms with van der Waals surface area (Å²) in [5.41, 5.74) is 2.63. The molecular formula is C22H27FO6. The average molecular weight is 406 g/mol. The lowest BCUT2D eigenvalue weighted by Crippen LogP contribution is -2.48. The van der Waals surface area contributed by atoms with Crippen molar-refractivity contribution in [2.45, 2.75) is 44.0 Å². The van der Waals surface area contributed by atoms with Gasteiger partial charge in [0.2, 0.25) is 0 Å². The van der Waals surface area contributed by atoms with Crippen molar-refractivity contribution < 1.29 is 34.3 Å². The fourth-order valence-corrected chi connectivity index (χ4v) is 3.31. The molecule has 0 radical (unpaired) electrons. The molecule has 2 rings (SSSR count). The van der Waals surface area contributed by atoms with E-state index in [9.17, 15) is 24.5 Å². The SMILES string of the molecule is O=C(O)C(O)(O)C(O)C=C=CC[C@H]1CCC[C@@H]1/C=C/CCOc1cccc(F)c1. The Morgan fingerprint density at radius 3 is 2.90 bits per heavy atom. The van der Waals surface area contributed by atoms with Gasteiger partial charge < -0.3 is 25.2 Å². The highest BCUT2D eigenvalue weighted by molar-refractivity contribution is 5.76. The molecule has 3 atom stereocenters. The van der Waals surface area contributed by atoms with Crippen LogP contribution in [0.2, 0.25) is 0 Å². The topological polar surface area (TPSA) is 107 Å². The molecule has 1 fully saturated rings. The van der Waals surface area contributed by atoms with Crippen LogP contribution >= 0.6 is 0 Å². The van der Waals surface area contributed by atoms with Gasteiger partial charge in [-0.25, -0.2) is 9.18 Å². The zero-order valence-corrected chi connectivity index (χ0v) is 16.1. The Bertz CT molecular complexity index is 766. The molecule has 0 saturated heterocycles.